The van der Waals surface area contributed by atoms with E-state index in [2.05, 4.69) is 113 Å². The Morgan fingerprint density at radius 3 is 1.66 bits per heavy atom. The molecule has 4 aromatic heterocycles. The molecule has 244 valence electrons. The molecule has 0 radical (unpaired) electrons. The van der Waals surface area contributed by atoms with Crippen LogP contribution >= 0.6 is 11.6 Å². The number of nitrogen functional groups attached to an aromatic ring is 1. The minimum absolute atomic E-state index is 0.285. The zero-order valence-corrected chi connectivity index (χ0v) is 29.0. The lowest BCUT2D eigenvalue weighted by molar-refractivity contribution is 0.768. The lowest BCUT2D eigenvalue weighted by atomic mass is 9.95. The number of hydrogen-bond acceptors (Lipinski definition) is 8. The summed E-state index contributed by atoms with van der Waals surface area (Å²) in [5.74, 6) is 1.64. The van der Waals surface area contributed by atoms with Gasteiger partial charge in [0.05, 0.1) is 35.2 Å². The van der Waals surface area contributed by atoms with Gasteiger partial charge in [-0.05, 0) is 83.8 Å². The van der Waals surface area contributed by atoms with Gasteiger partial charge in [0.25, 0.3) is 0 Å². The molecule has 0 aliphatic heterocycles. The van der Waals surface area contributed by atoms with Crippen LogP contribution in [0.15, 0.2) is 85.7 Å². The Kier molecular flexibility index (Phi) is 11.8. The topological polar surface area (TPSA) is 125 Å². The molecule has 0 saturated heterocycles. The Morgan fingerprint density at radius 1 is 0.702 bits per heavy atom. The highest BCUT2D eigenvalue weighted by Crippen LogP contribution is 2.27. The van der Waals surface area contributed by atoms with Crippen molar-refractivity contribution < 1.29 is 0 Å². The SMILES string of the molecule is Cc1cc(-c2ccnc(Cl)n2)ccc1C(C)C.Cc1cc(-c2ccnc(Nc3cnn(C)c3)n2)ccc1C(C)C.Cn1cc(N)cn1. The molecule has 0 unspecified atom stereocenters. The summed E-state index contributed by atoms with van der Waals surface area (Å²) in [4.78, 5) is 17.0. The molecule has 6 rings (SSSR count). The Balaban J connectivity index is 0.000000182. The van der Waals surface area contributed by atoms with E-state index >= 15 is 0 Å². The molecule has 0 atom stereocenters. The van der Waals surface area contributed by atoms with Crippen LogP contribution in [0.2, 0.25) is 5.28 Å². The number of benzene rings is 2. The van der Waals surface area contributed by atoms with Crippen molar-refractivity contribution in [2.24, 2.45) is 14.1 Å². The minimum atomic E-state index is 0.285. The Morgan fingerprint density at radius 2 is 1.23 bits per heavy atom. The van der Waals surface area contributed by atoms with E-state index in [-0.39, 0.29) is 5.28 Å². The van der Waals surface area contributed by atoms with E-state index in [1.807, 2.05) is 32.4 Å². The van der Waals surface area contributed by atoms with Crippen LogP contribution in [0.3, 0.4) is 0 Å². The number of aryl methyl sites for hydroxylation is 4. The number of rotatable bonds is 6. The predicted molar refractivity (Wildman–Crippen MR) is 192 cm³/mol. The van der Waals surface area contributed by atoms with Crippen LogP contribution in [-0.4, -0.2) is 39.5 Å². The Bertz CT molecular complexity index is 1890. The molecule has 0 amide bonds. The first-order chi connectivity index (χ1) is 22.4. The smallest absolute Gasteiger partial charge is 0.227 e. The monoisotopic (exact) mass is 650 g/mol. The van der Waals surface area contributed by atoms with Crippen LogP contribution in [0, 0.1) is 13.8 Å². The van der Waals surface area contributed by atoms with Crippen molar-refractivity contribution in [1.82, 2.24) is 39.5 Å². The highest BCUT2D eigenvalue weighted by atomic mass is 35.5. The largest absolute Gasteiger partial charge is 0.396 e. The van der Waals surface area contributed by atoms with Crippen molar-refractivity contribution in [1.29, 1.82) is 0 Å². The summed E-state index contributed by atoms with van der Waals surface area (Å²) in [5, 5.41) is 11.4. The molecule has 0 fully saturated rings. The molecule has 0 aliphatic rings. The van der Waals surface area contributed by atoms with E-state index in [9.17, 15) is 0 Å². The van der Waals surface area contributed by atoms with Gasteiger partial charge in [0.1, 0.15) is 0 Å². The number of hydrogen-bond donors (Lipinski definition) is 2. The summed E-state index contributed by atoms with van der Waals surface area (Å²) < 4.78 is 3.40. The number of nitrogens with two attached hydrogens (primary N) is 1. The van der Waals surface area contributed by atoms with E-state index in [1.165, 1.54) is 22.3 Å². The molecule has 11 heteroatoms. The summed E-state index contributed by atoms with van der Waals surface area (Å²) in [7, 11) is 3.71. The quantitative estimate of drug-likeness (QED) is 0.173. The van der Waals surface area contributed by atoms with Crippen molar-refractivity contribution in [3.05, 3.63) is 113 Å². The van der Waals surface area contributed by atoms with Gasteiger partial charge in [-0.15, -0.1) is 0 Å². The molecule has 3 N–H and O–H groups in total. The van der Waals surface area contributed by atoms with E-state index in [0.29, 0.717) is 23.5 Å². The maximum absolute atomic E-state index is 5.79. The standard InChI is InChI=1S/C18H21N5.C14H15ClN2.C4H7N3/c1-12(2)16-6-5-14(9-13(16)3)17-7-8-19-18(22-17)21-15-10-20-23(4)11-15;1-9(2)12-5-4-11(8-10(12)3)13-6-7-16-14(15)17-13;1-7-3-4(5)2-6-7/h5-12H,1-4H3,(H,19,21,22);4-9H,1-3H3;2-3H,5H2,1H3. The molecular formula is C36H43ClN10. The van der Waals surface area contributed by atoms with E-state index in [4.69, 9.17) is 17.3 Å². The molecule has 10 nitrogen and oxygen atoms in total. The second-order valence-electron chi connectivity index (χ2n) is 11.9. The van der Waals surface area contributed by atoms with Gasteiger partial charge >= 0.3 is 0 Å². The molecule has 47 heavy (non-hydrogen) atoms. The van der Waals surface area contributed by atoms with Crippen molar-refractivity contribution in [3.8, 4) is 22.5 Å². The molecule has 0 aliphatic carbocycles. The molecule has 4 heterocycles. The average Bonchev–Trinajstić information content (AvgIpc) is 3.62. The van der Waals surface area contributed by atoms with Crippen LogP contribution in [0.5, 0.6) is 0 Å². The summed E-state index contributed by atoms with van der Waals surface area (Å²) in [6.45, 7) is 13.1. The molecule has 2 aromatic carbocycles. The average molecular weight is 651 g/mol. The summed E-state index contributed by atoms with van der Waals surface area (Å²) in [6.07, 6.45) is 10.4. The maximum Gasteiger partial charge on any atom is 0.227 e. The fourth-order valence-electron chi connectivity index (χ4n) is 5.10. The third-order valence-electron chi connectivity index (χ3n) is 7.34. The first kappa shape index (κ1) is 34.8. The fraction of sp³-hybridized carbons (Fsp3) is 0.278. The molecule has 0 bridgehead atoms. The summed E-state index contributed by atoms with van der Waals surface area (Å²) >= 11 is 5.79. The number of nitrogens with zero attached hydrogens (tertiary/aromatic N) is 8. The molecule has 0 saturated carbocycles. The van der Waals surface area contributed by atoms with Gasteiger partial charge in [-0.2, -0.15) is 10.2 Å². The van der Waals surface area contributed by atoms with Crippen molar-refractivity contribution in [3.63, 3.8) is 0 Å². The summed E-state index contributed by atoms with van der Waals surface area (Å²) in [5.41, 5.74) is 16.1. The second-order valence-corrected chi connectivity index (χ2v) is 12.2. The first-order valence-electron chi connectivity index (χ1n) is 15.4. The van der Waals surface area contributed by atoms with Crippen LogP contribution in [0.25, 0.3) is 22.5 Å². The van der Waals surface area contributed by atoms with Crippen LogP contribution < -0.4 is 11.1 Å². The number of aromatic nitrogens is 8. The van der Waals surface area contributed by atoms with Crippen molar-refractivity contribution >= 4 is 28.9 Å². The fourth-order valence-corrected chi connectivity index (χ4v) is 5.24. The van der Waals surface area contributed by atoms with E-state index in [1.54, 1.807) is 40.3 Å². The van der Waals surface area contributed by atoms with Crippen LogP contribution in [0.1, 0.15) is 61.8 Å². The minimum Gasteiger partial charge on any atom is -0.396 e. The number of halogens is 1. The lowest BCUT2D eigenvalue weighted by Gasteiger charge is -2.11. The lowest BCUT2D eigenvalue weighted by Crippen LogP contribution is -1.98. The highest BCUT2D eigenvalue weighted by Gasteiger charge is 2.09. The highest BCUT2D eigenvalue weighted by molar-refractivity contribution is 6.28. The zero-order chi connectivity index (χ0) is 34.1. The third-order valence-corrected chi connectivity index (χ3v) is 7.52. The molecule has 0 spiro atoms. The first-order valence-corrected chi connectivity index (χ1v) is 15.8. The van der Waals surface area contributed by atoms with Gasteiger partial charge in [-0.1, -0.05) is 52.0 Å². The van der Waals surface area contributed by atoms with Crippen molar-refractivity contribution in [2.45, 2.75) is 53.4 Å². The number of nitrogens with one attached hydrogen (secondary N) is 1. The third kappa shape index (κ3) is 9.95. The molecule has 6 aromatic rings. The van der Waals surface area contributed by atoms with Gasteiger partial charge in [-0.25, -0.2) is 19.9 Å². The Hall–Kier alpha value is -5.09. The van der Waals surface area contributed by atoms with Gasteiger partial charge in [-0.3, -0.25) is 9.36 Å². The van der Waals surface area contributed by atoms with Gasteiger partial charge in [0, 0.05) is 50.0 Å². The normalized spacial score (nSPS) is 10.7. The second kappa shape index (κ2) is 16.0. The predicted octanol–water partition coefficient (Wildman–Crippen LogP) is 8.28. The van der Waals surface area contributed by atoms with Gasteiger partial charge in [0.2, 0.25) is 11.2 Å². The summed E-state index contributed by atoms with van der Waals surface area (Å²) in [6, 6.07) is 16.7. The number of anilines is 3. The zero-order valence-electron chi connectivity index (χ0n) is 28.3. The van der Waals surface area contributed by atoms with Crippen molar-refractivity contribution in [2.75, 3.05) is 11.1 Å². The van der Waals surface area contributed by atoms with E-state index in [0.717, 1.165) is 28.2 Å². The van der Waals surface area contributed by atoms with Crippen LogP contribution in [-0.2, 0) is 14.1 Å². The maximum atomic E-state index is 5.79. The van der Waals surface area contributed by atoms with Crippen LogP contribution in [0.4, 0.5) is 17.3 Å². The van der Waals surface area contributed by atoms with Gasteiger partial charge < -0.3 is 11.1 Å². The molecular weight excluding hydrogens is 608 g/mol. The Labute approximate surface area is 282 Å². The van der Waals surface area contributed by atoms with Gasteiger partial charge in [0.15, 0.2) is 0 Å². The van der Waals surface area contributed by atoms with E-state index < -0.39 is 0 Å².